The minimum atomic E-state index is -4.58. The smallest absolute Gasteiger partial charge is 0.389 e. The number of rotatable bonds is 8. The molecule has 0 aliphatic carbocycles. The lowest BCUT2D eigenvalue weighted by atomic mass is 10.2. The standard InChI is InChI=1S/C19H27ClF3N3O3/c1-13(2)29-12-15(27)10-25-5-7-26(8-6-25)11-18(28)24-14-3-4-17(20)16(9-14)19(21,22)23/h3-4,9,13,15,27H,5-8,10-12H2,1-2H3,(H,24,28). The molecule has 29 heavy (non-hydrogen) atoms. The summed E-state index contributed by atoms with van der Waals surface area (Å²) >= 11 is 5.59. The highest BCUT2D eigenvalue weighted by Crippen LogP contribution is 2.36. The summed E-state index contributed by atoms with van der Waals surface area (Å²) < 4.78 is 44.1. The van der Waals surface area contributed by atoms with E-state index in [1.165, 1.54) is 6.07 Å². The number of aliphatic hydroxyl groups excluding tert-OH is 1. The minimum Gasteiger partial charge on any atom is -0.389 e. The van der Waals surface area contributed by atoms with Crippen molar-refractivity contribution >= 4 is 23.2 Å². The second-order valence-electron chi connectivity index (χ2n) is 7.35. The molecule has 1 atom stereocenters. The van der Waals surface area contributed by atoms with Crippen LogP contribution in [0.3, 0.4) is 0 Å². The molecule has 164 valence electrons. The van der Waals surface area contributed by atoms with Gasteiger partial charge >= 0.3 is 6.18 Å². The van der Waals surface area contributed by atoms with Crippen molar-refractivity contribution in [1.29, 1.82) is 0 Å². The molecule has 1 aromatic rings. The van der Waals surface area contributed by atoms with Crippen molar-refractivity contribution in [2.75, 3.05) is 51.2 Å². The van der Waals surface area contributed by atoms with Crippen molar-refractivity contribution in [2.45, 2.75) is 32.2 Å². The van der Waals surface area contributed by atoms with Crippen molar-refractivity contribution < 1.29 is 27.8 Å². The number of amides is 1. The second-order valence-corrected chi connectivity index (χ2v) is 7.76. The molecular formula is C19H27ClF3N3O3. The number of alkyl halides is 3. The zero-order valence-electron chi connectivity index (χ0n) is 16.5. The summed E-state index contributed by atoms with van der Waals surface area (Å²) in [6.07, 6.45) is -5.09. The molecule has 6 nitrogen and oxygen atoms in total. The van der Waals surface area contributed by atoms with Crippen LogP contribution in [0, 0.1) is 0 Å². The monoisotopic (exact) mass is 437 g/mol. The van der Waals surface area contributed by atoms with E-state index in [9.17, 15) is 23.1 Å². The molecule has 1 aromatic carbocycles. The van der Waals surface area contributed by atoms with Gasteiger partial charge in [-0.3, -0.25) is 14.6 Å². The average Bonchev–Trinajstić information content (AvgIpc) is 2.62. The molecule has 0 radical (unpaired) electrons. The highest BCUT2D eigenvalue weighted by Gasteiger charge is 2.33. The fourth-order valence-electron chi connectivity index (χ4n) is 3.01. The Kier molecular flexibility index (Phi) is 8.72. The van der Waals surface area contributed by atoms with Crippen LogP contribution < -0.4 is 5.32 Å². The van der Waals surface area contributed by atoms with Gasteiger partial charge in [-0.25, -0.2) is 0 Å². The molecule has 1 heterocycles. The van der Waals surface area contributed by atoms with Crippen molar-refractivity contribution in [2.24, 2.45) is 0 Å². The third kappa shape index (κ3) is 8.10. The SMILES string of the molecule is CC(C)OCC(O)CN1CCN(CC(=O)Nc2ccc(Cl)c(C(F)(F)F)c2)CC1. The number of carbonyl (C=O) groups is 1. The van der Waals surface area contributed by atoms with Gasteiger partial charge in [0.1, 0.15) is 0 Å². The molecule has 0 saturated carbocycles. The topological polar surface area (TPSA) is 65.0 Å². The number of nitrogens with zero attached hydrogens (tertiary/aromatic N) is 2. The summed E-state index contributed by atoms with van der Waals surface area (Å²) in [5, 5.41) is 12.1. The van der Waals surface area contributed by atoms with Crippen molar-refractivity contribution in [3.05, 3.63) is 28.8 Å². The second kappa shape index (κ2) is 10.6. The molecule has 1 unspecified atom stereocenters. The Morgan fingerprint density at radius 2 is 1.86 bits per heavy atom. The van der Waals surface area contributed by atoms with Gasteiger partial charge < -0.3 is 15.2 Å². The van der Waals surface area contributed by atoms with E-state index in [1.54, 1.807) is 0 Å². The van der Waals surface area contributed by atoms with Crippen LogP contribution in [0.15, 0.2) is 18.2 Å². The number of hydrogen-bond acceptors (Lipinski definition) is 5. The Hall–Kier alpha value is -1.39. The zero-order valence-corrected chi connectivity index (χ0v) is 17.3. The fourth-order valence-corrected chi connectivity index (χ4v) is 3.23. The van der Waals surface area contributed by atoms with E-state index < -0.39 is 22.9 Å². The van der Waals surface area contributed by atoms with E-state index >= 15 is 0 Å². The molecule has 0 bridgehead atoms. The summed E-state index contributed by atoms with van der Waals surface area (Å²) in [5.74, 6) is -0.390. The van der Waals surface area contributed by atoms with Crippen LogP contribution in [0.2, 0.25) is 5.02 Å². The van der Waals surface area contributed by atoms with Crippen LogP contribution in [0.5, 0.6) is 0 Å². The highest BCUT2D eigenvalue weighted by atomic mass is 35.5. The number of nitrogens with one attached hydrogen (secondary N) is 1. The molecule has 2 N–H and O–H groups in total. The number of β-amino-alcohol motifs (C(OH)–C–C–N with tert-alkyl or cyclic N) is 1. The van der Waals surface area contributed by atoms with Gasteiger partial charge in [-0.15, -0.1) is 0 Å². The highest BCUT2D eigenvalue weighted by molar-refractivity contribution is 6.31. The summed E-state index contributed by atoms with van der Waals surface area (Å²) in [6.45, 7) is 7.29. The number of aliphatic hydroxyl groups is 1. The van der Waals surface area contributed by atoms with Gasteiger partial charge in [0.15, 0.2) is 0 Å². The largest absolute Gasteiger partial charge is 0.417 e. The Morgan fingerprint density at radius 3 is 2.45 bits per heavy atom. The average molecular weight is 438 g/mol. The lowest BCUT2D eigenvalue weighted by Gasteiger charge is -2.35. The van der Waals surface area contributed by atoms with Crippen LogP contribution in [-0.2, 0) is 15.7 Å². The van der Waals surface area contributed by atoms with Crippen LogP contribution >= 0.6 is 11.6 Å². The number of halogens is 4. The zero-order chi connectivity index (χ0) is 21.6. The number of ether oxygens (including phenoxy) is 1. The van der Waals surface area contributed by atoms with Gasteiger partial charge in [-0.2, -0.15) is 13.2 Å². The van der Waals surface area contributed by atoms with E-state index in [0.29, 0.717) is 32.7 Å². The van der Waals surface area contributed by atoms with Gasteiger partial charge in [-0.05, 0) is 32.0 Å². The van der Waals surface area contributed by atoms with Gasteiger partial charge in [0.2, 0.25) is 5.91 Å². The summed E-state index contributed by atoms with van der Waals surface area (Å²) in [7, 11) is 0. The third-order valence-electron chi connectivity index (χ3n) is 4.48. The number of anilines is 1. The van der Waals surface area contributed by atoms with Gasteiger partial charge in [0.05, 0.1) is 35.9 Å². The first-order chi connectivity index (χ1) is 13.5. The van der Waals surface area contributed by atoms with E-state index in [-0.39, 0.29) is 30.9 Å². The first-order valence-electron chi connectivity index (χ1n) is 9.45. The van der Waals surface area contributed by atoms with Gasteiger partial charge in [-0.1, -0.05) is 11.6 Å². The quantitative estimate of drug-likeness (QED) is 0.654. The number of piperazine rings is 1. The molecular weight excluding hydrogens is 411 g/mol. The Balaban J connectivity index is 1.77. The first kappa shape index (κ1) is 23.9. The molecule has 1 aliphatic rings. The number of carbonyl (C=O) groups excluding carboxylic acids is 1. The van der Waals surface area contributed by atoms with Crippen LogP contribution in [-0.4, -0.2) is 78.9 Å². The molecule has 1 saturated heterocycles. The predicted molar refractivity (Wildman–Crippen MR) is 105 cm³/mol. The Bertz CT molecular complexity index is 680. The minimum absolute atomic E-state index is 0.0543. The molecule has 1 aliphatic heterocycles. The number of hydrogen-bond donors (Lipinski definition) is 2. The number of benzene rings is 1. The Labute approximate surface area is 173 Å². The Morgan fingerprint density at radius 1 is 1.24 bits per heavy atom. The van der Waals surface area contributed by atoms with E-state index in [0.717, 1.165) is 12.1 Å². The van der Waals surface area contributed by atoms with Crippen molar-refractivity contribution in [3.63, 3.8) is 0 Å². The van der Waals surface area contributed by atoms with E-state index in [4.69, 9.17) is 16.3 Å². The van der Waals surface area contributed by atoms with Crippen LogP contribution in [0.4, 0.5) is 18.9 Å². The van der Waals surface area contributed by atoms with E-state index in [2.05, 4.69) is 10.2 Å². The summed E-state index contributed by atoms with van der Waals surface area (Å²) in [5.41, 5.74) is -0.927. The molecule has 10 heteroatoms. The predicted octanol–water partition coefficient (Wildman–Crippen LogP) is 2.70. The van der Waals surface area contributed by atoms with Crippen molar-refractivity contribution in [3.8, 4) is 0 Å². The van der Waals surface area contributed by atoms with E-state index in [1.807, 2.05) is 18.7 Å². The third-order valence-corrected chi connectivity index (χ3v) is 4.81. The maximum atomic E-state index is 12.9. The molecule has 0 spiro atoms. The molecule has 1 fully saturated rings. The summed E-state index contributed by atoms with van der Waals surface area (Å²) in [6, 6.07) is 3.29. The molecule has 0 aromatic heterocycles. The van der Waals surface area contributed by atoms with Gasteiger partial charge in [0.25, 0.3) is 0 Å². The lowest BCUT2D eigenvalue weighted by molar-refractivity contribution is -0.137. The van der Waals surface area contributed by atoms with Crippen LogP contribution in [0.1, 0.15) is 19.4 Å². The van der Waals surface area contributed by atoms with Gasteiger partial charge in [0, 0.05) is 38.4 Å². The summed E-state index contributed by atoms with van der Waals surface area (Å²) in [4.78, 5) is 16.2. The molecule has 2 rings (SSSR count). The normalized spacial score (nSPS) is 17.5. The van der Waals surface area contributed by atoms with Crippen molar-refractivity contribution in [1.82, 2.24) is 9.80 Å². The lowest BCUT2D eigenvalue weighted by Crippen LogP contribution is -2.50. The molecule has 1 amide bonds. The maximum Gasteiger partial charge on any atom is 0.417 e. The maximum absolute atomic E-state index is 12.9. The van der Waals surface area contributed by atoms with Crippen LogP contribution in [0.25, 0.3) is 0 Å². The fraction of sp³-hybridized carbons (Fsp3) is 0.632. The first-order valence-corrected chi connectivity index (χ1v) is 9.83.